The highest BCUT2D eigenvalue weighted by Crippen LogP contribution is 2.24. The van der Waals surface area contributed by atoms with Gasteiger partial charge in [0.1, 0.15) is 0 Å². The van der Waals surface area contributed by atoms with Crippen molar-refractivity contribution < 1.29 is 4.79 Å². The van der Waals surface area contributed by atoms with E-state index in [-0.39, 0.29) is 11.8 Å². The molecule has 2 saturated heterocycles. The summed E-state index contributed by atoms with van der Waals surface area (Å²) in [6.45, 7) is 13.5. The standard InChI is InChI=1S/C19H37N5OS/c1-4-21-19(24-11-12-26-17(14-24)15(2)3)22-8-6-10-23-9-5-7-16(13-23)18(20)25/h15-17H,4-14H2,1-3H3,(H2,20,25)(H,21,22). The number of aliphatic imine (C=N–C) groups is 1. The molecule has 0 spiro atoms. The van der Waals surface area contributed by atoms with Crippen LogP contribution in [0.3, 0.4) is 0 Å². The van der Waals surface area contributed by atoms with Gasteiger partial charge in [0.15, 0.2) is 5.96 Å². The maximum absolute atomic E-state index is 11.4. The van der Waals surface area contributed by atoms with E-state index >= 15 is 0 Å². The molecule has 1 amide bonds. The first-order valence-electron chi connectivity index (χ1n) is 10.2. The van der Waals surface area contributed by atoms with Gasteiger partial charge in [-0.2, -0.15) is 11.8 Å². The van der Waals surface area contributed by atoms with Crippen molar-refractivity contribution in [1.82, 2.24) is 15.1 Å². The Morgan fingerprint density at radius 3 is 2.85 bits per heavy atom. The molecule has 2 fully saturated rings. The monoisotopic (exact) mass is 383 g/mol. The zero-order chi connectivity index (χ0) is 18.9. The van der Waals surface area contributed by atoms with E-state index in [4.69, 9.17) is 10.7 Å². The van der Waals surface area contributed by atoms with E-state index in [9.17, 15) is 4.79 Å². The predicted molar refractivity (Wildman–Crippen MR) is 112 cm³/mol. The summed E-state index contributed by atoms with van der Waals surface area (Å²) >= 11 is 2.09. The second kappa shape index (κ2) is 11.0. The summed E-state index contributed by atoms with van der Waals surface area (Å²) in [4.78, 5) is 21.1. The van der Waals surface area contributed by atoms with Crippen molar-refractivity contribution in [2.45, 2.75) is 45.3 Å². The first kappa shape index (κ1) is 21.4. The van der Waals surface area contributed by atoms with Crippen LogP contribution in [0.1, 0.15) is 40.0 Å². The minimum absolute atomic E-state index is 0.0309. The Hall–Kier alpha value is -0.950. The second-order valence-electron chi connectivity index (χ2n) is 7.73. The highest BCUT2D eigenvalue weighted by atomic mass is 32.2. The third-order valence-electron chi connectivity index (χ3n) is 5.27. The largest absolute Gasteiger partial charge is 0.369 e. The molecule has 2 rings (SSSR count). The van der Waals surface area contributed by atoms with E-state index in [2.05, 4.69) is 47.6 Å². The van der Waals surface area contributed by atoms with Crippen LogP contribution in [0.2, 0.25) is 0 Å². The highest BCUT2D eigenvalue weighted by Gasteiger charge is 2.25. The fraction of sp³-hybridized carbons (Fsp3) is 0.895. The van der Waals surface area contributed by atoms with E-state index in [0.717, 1.165) is 71.0 Å². The third-order valence-corrected chi connectivity index (χ3v) is 6.81. The summed E-state index contributed by atoms with van der Waals surface area (Å²) < 4.78 is 0. The summed E-state index contributed by atoms with van der Waals surface area (Å²) in [5, 5.41) is 4.15. The molecule has 0 bridgehead atoms. The van der Waals surface area contributed by atoms with Crippen LogP contribution in [0.25, 0.3) is 0 Å². The molecule has 2 aliphatic heterocycles. The maximum atomic E-state index is 11.4. The maximum Gasteiger partial charge on any atom is 0.221 e. The highest BCUT2D eigenvalue weighted by molar-refractivity contribution is 8.00. The number of nitrogens with one attached hydrogen (secondary N) is 1. The molecule has 6 nitrogen and oxygen atoms in total. The lowest BCUT2D eigenvalue weighted by Gasteiger charge is -2.36. The van der Waals surface area contributed by atoms with Crippen molar-refractivity contribution in [1.29, 1.82) is 0 Å². The lowest BCUT2D eigenvalue weighted by molar-refractivity contribution is -0.123. The fourth-order valence-electron chi connectivity index (χ4n) is 3.67. The number of guanidine groups is 1. The van der Waals surface area contributed by atoms with Crippen molar-refractivity contribution >= 4 is 23.6 Å². The molecule has 0 aromatic carbocycles. The molecule has 2 unspecified atom stereocenters. The zero-order valence-electron chi connectivity index (χ0n) is 16.7. The molecule has 2 atom stereocenters. The van der Waals surface area contributed by atoms with Crippen LogP contribution < -0.4 is 11.1 Å². The molecule has 2 aliphatic rings. The SMILES string of the molecule is CCNC(=NCCCN1CCCC(C(N)=O)C1)N1CCSC(C(C)C)C1. The normalized spacial score (nSPS) is 25.5. The van der Waals surface area contributed by atoms with Crippen molar-refractivity contribution in [3.8, 4) is 0 Å². The summed E-state index contributed by atoms with van der Waals surface area (Å²) in [6.07, 6.45) is 3.04. The number of piperidine rings is 1. The molecule has 0 saturated carbocycles. The lowest BCUT2D eigenvalue weighted by atomic mass is 9.97. The summed E-state index contributed by atoms with van der Waals surface area (Å²) in [5.74, 6) is 2.82. The number of nitrogens with zero attached hydrogens (tertiary/aromatic N) is 3. The number of hydrogen-bond donors (Lipinski definition) is 2. The molecular formula is C19H37N5OS. The van der Waals surface area contributed by atoms with Crippen molar-refractivity contribution in [2.75, 3.05) is 51.6 Å². The summed E-state index contributed by atoms with van der Waals surface area (Å²) in [5.41, 5.74) is 5.47. The molecule has 150 valence electrons. The minimum atomic E-state index is -0.148. The van der Waals surface area contributed by atoms with Gasteiger partial charge in [0.25, 0.3) is 0 Å². The van der Waals surface area contributed by atoms with Gasteiger partial charge in [0, 0.05) is 43.7 Å². The predicted octanol–water partition coefficient (Wildman–Crippen LogP) is 1.61. The number of rotatable bonds is 7. The van der Waals surface area contributed by atoms with E-state index in [1.807, 2.05) is 0 Å². The number of amides is 1. The zero-order valence-corrected chi connectivity index (χ0v) is 17.6. The number of primary amides is 1. The average molecular weight is 384 g/mol. The molecule has 7 heteroatoms. The van der Waals surface area contributed by atoms with Gasteiger partial charge in [-0.05, 0) is 45.2 Å². The molecule has 2 heterocycles. The van der Waals surface area contributed by atoms with Crippen LogP contribution in [-0.2, 0) is 4.79 Å². The van der Waals surface area contributed by atoms with Gasteiger partial charge in [0.2, 0.25) is 5.91 Å². The number of likely N-dealkylation sites (tertiary alicyclic amines) is 1. The Morgan fingerprint density at radius 2 is 2.15 bits per heavy atom. The van der Waals surface area contributed by atoms with E-state index in [1.54, 1.807) is 0 Å². The van der Waals surface area contributed by atoms with Gasteiger partial charge >= 0.3 is 0 Å². The van der Waals surface area contributed by atoms with Crippen LogP contribution >= 0.6 is 11.8 Å². The average Bonchev–Trinajstić information content (AvgIpc) is 2.64. The lowest BCUT2D eigenvalue weighted by Crippen LogP contribution is -2.49. The molecule has 26 heavy (non-hydrogen) atoms. The number of carbonyl (C=O) groups excluding carboxylic acids is 1. The number of nitrogens with two attached hydrogens (primary N) is 1. The topological polar surface area (TPSA) is 74.0 Å². The fourth-order valence-corrected chi connectivity index (χ4v) is 4.97. The Balaban J connectivity index is 1.80. The first-order chi connectivity index (χ1) is 12.5. The summed E-state index contributed by atoms with van der Waals surface area (Å²) in [6, 6.07) is 0. The number of thioether (sulfide) groups is 1. The number of hydrogen-bond acceptors (Lipinski definition) is 4. The molecule has 0 aromatic heterocycles. The van der Waals surface area contributed by atoms with Crippen LogP contribution in [0.5, 0.6) is 0 Å². The number of carbonyl (C=O) groups is 1. The van der Waals surface area contributed by atoms with Gasteiger partial charge in [0.05, 0.1) is 5.92 Å². The van der Waals surface area contributed by atoms with Crippen LogP contribution in [0, 0.1) is 11.8 Å². The van der Waals surface area contributed by atoms with E-state index in [1.165, 1.54) is 5.75 Å². The second-order valence-corrected chi connectivity index (χ2v) is 9.08. The molecule has 0 aromatic rings. The molecular weight excluding hydrogens is 346 g/mol. The van der Waals surface area contributed by atoms with Crippen LogP contribution in [-0.4, -0.2) is 78.5 Å². The quantitative estimate of drug-likeness (QED) is 0.397. The molecule has 0 aliphatic carbocycles. The minimum Gasteiger partial charge on any atom is -0.369 e. The Kier molecular flexibility index (Phi) is 9.05. The van der Waals surface area contributed by atoms with E-state index in [0.29, 0.717) is 11.2 Å². The van der Waals surface area contributed by atoms with E-state index < -0.39 is 0 Å². The van der Waals surface area contributed by atoms with Crippen LogP contribution in [0.4, 0.5) is 0 Å². The molecule has 0 radical (unpaired) electrons. The Bertz CT molecular complexity index is 471. The van der Waals surface area contributed by atoms with Crippen molar-refractivity contribution in [2.24, 2.45) is 22.6 Å². The summed E-state index contributed by atoms with van der Waals surface area (Å²) in [7, 11) is 0. The smallest absolute Gasteiger partial charge is 0.221 e. The van der Waals surface area contributed by atoms with Crippen molar-refractivity contribution in [3.05, 3.63) is 0 Å². The van der Waals surface area contributed by atoms with Gasteiger partial charge in [-0.1, -0.05) is 13.8 Å². The first-order valence-corrected chi connectivity index (χ1v) is 11.2. The van der Waals surface area contributed by atoms with Gasteiger partial charge < -0.3 is 20.9 Å². The van der Waals surface area contributed by atoms with Gasteiger partial charge in [-0.25, -0.2) is 0 Å². The van der Waals surface area contributed by atoms with Gasteiger partial charge in [-0.15, -0.1) is 0 Å². The van der Waals surface area contributed by atoms with Crippen molar-refractivity contribution in [3.63, 3.8) is 0 Å². The van der Waals surface area contributed by atoms with Crippen LogP contribution in [0.15, 0.2) is 4.99 Å². The third kappa shape index (κ3) is 6.65. The molecule has 3 N–H and O–H groups in total. The van der Waals surface area contributed by atoms with Gasteiger partial charge in [-0.3, -0.25) is 9.79 Å². The Labute approximate surface area is 163 Å². The Morgan fingerprint density at radius 1 is 1.35 bits per heavy atom.